The van der Waals surface area contributed by atoms with Crippen molar-refractivity contribution in [1.82, 2.24) is 10.6 Å². The molecular weight excluding hydrogens is 666 g/mol. The van der Waals surface area contributed by atoms with Crippen molar-refractivity contribution >= 4 is 91.2 Å². The van der Waals surface area contributed by atoms with E-state index in [0.717, 1.165) is 42.0 Å². The van der Waals surface area contributed by atoms with Crippen LogP contribution in [0.2, 0.25) is 0 Å². The lowest BCUT2D eigenvalue weighted by molar-refractivity contribution is -0.137. The van der Waals surface area contributed by atoms with Gasteiger partial charge in [0.2, 0.25) is 0 Å². The Morgan fingerprint density at radius 1 is 0.588 bits per heavy atom. The summed E-state index contributed by atoms with van der Waals surface area (Å²) in [5.74, 6) is -1.12. The number of amides is 4. The van der Waals surface area contributed by atoms with Crippen LogP contribution in [0.25, 0.3) is 20.2 Å². The topological polar surface area (TPSA) is 215 Å². The first-order valence-electron chi connectivity index (χ1n) is 16.7. The second-order valence-electron chi connectivity index (χ2n) is 12.1. The zero-order valence-corrected chi connectivity index (χ0v) is 28.8. The Morgan fingerprint density at radius 2 is 0.980 bits per heavy atom. The molecule has 1 aromatic heterocycles. The SMILES string of the molecule is NC(=O)NCCCC(N)C(=O)OB(c1ccccc1)c1ccc2sc3ccc(B(OC(=O)C(N)CCCNC(N)=O)c4ccccc4)cc3c2c1. The van der Waals surface area contributed by atoms with E-state index < -0.39 is 49.9 Å². The second kappa shape index (κ2) is 17.5. The van der Waals surface area contributed by atoms with Gasteiger partial charge < -0.3 is 42.9 Å². The molecule has 0 bridgehead atoms. The lowest BCUT2D eigenvalue weighted by Crippen LogP contribution is -2.49. The van der Waals surface area contributed by atoms with Gasteiger partial charge >= 0.3 is 37.8 Å². The molecule has 0 aliphatic rings. The van der Waals surface area contributed by atoms with Crippen molar-refractivity contribution in [2.45, 2.75) is 37.8 Å². The summed E-state index contributed by atoms with van der Waals surface area (Å²) < 4.78 is 14.2. The summed E-state index contributed by atoms with van der Waals surface area (Å²) in [5.41, 5.74) is 25.7. The van der Waals surface area contributed by atoms with Gasteiger partial charge in [0, 0.05) is 22.5 Å². The number of nitrogens with two attached hydrogens (primary N) is 4. The number of benzene rings is 4. The minimum absolute atomic E-state index is 0.301. The van der Waals surface area contributed by atoms with Crippen LogP contribution in [-0.4, -0.2) is 63.0 Å². The summed E-state index contributed by atoms with van der Waals surface area (Å²) in [6.07, 6.45) is 1.54. The maximum absolute atomic E-state index is 13.2. The molecular formula is C36H40B2N6O6S. The van der Waals surface area contributed by atoms with Gasteiger partial charge in [-0.05, 0) is 70.4 Å². The molecule has 0 aliphatic heterocycles. The molecule has 0 radical (unpaired) electrons. The smallest absolute Gasteiger partial charge is 0.429 e. The third-order valence-electron chi connectivity index (χ3n) is 8.38. The minimum Gasteiger partial charge on any atom is -0.525 e. The summed E-state index contributed by atoms with van der Waals surface area (Å²) in [6.45, 7) is -0.854. The lowest BCUT2D eigenvalue weighted by Gasteiger charge is -2.19. The maximum Gasteiger partial charge on any atom is 0.429 e. The molecule has 5 rings (SSSR count). The van der Waals surface area contributed by atoms with E-state index in [1.54, 1.807) is 11.3 Å². The van der Waals surface area contributed by atoms with Crippen molar-refractivity contribution < 1.29 is 28.5 Å². The summed E-state index contributed by atoms with van der Waals surface area (Å²) in [5, 5.41) is 6.89. The van der Waals surface area contributed by atoms with Gasteiger partial charge in [-0.25, -0.2) is 9.59 Å². The monoisotopic (exact) mass is 706 g/mol. The van der Waals surface area contributed by atoms with Gasteiger partial charge in [0.25, 0.3) is 0 Å². The number of fused-ring (bicyclic) bond motifs is 3. The number of primary amides is 2. The number of carbonyl (C=O) groups is 4. The molecule has 0 saturated carbocycles. The van der Waals surface area contributed by atoms with Crippen molar-refractivity contribution in [3.8, 4) is 0 Å². The Balaban J connectivity index is 1.44. The van der Waals surface area contributed by atoms with E-state index in [2.05, 4.69) is 10.6 Å². The third-order valence-corrected chi connectivity index (χ3v) is 9.54. The molecule has 4 aromatic carbocycles. The molecule has 12 nitrogen and oxygen atoms in total. The summed E-state index contributed by atoms with van der Waals surface area (Å²) in [4.78, 5) is 48.4. The Morgan fingerprint density at radius 3 is 1.35 bits per heavy atom. The maximum atomic E-state index is 13.2. The first-order valence-corrected chi connectivity index (χ1v) is 17.5. The number of thiophene rings is 1. The molecule has 51 heavy (non-hydrogen) atoms. The lowest BCUT2D eigenvalue weighted by atomic mass is 9.54. The Hall–Kier alpha value is -5.37. The van der Waals surface area contributed by atoms with Crippen molar-refractivity contribution in [2.75, 3.05) is 13.1 Å². The highest BCUT2D eigenvalue weighted by molar-refractivity contribution is 7.25. The fourth-order valence-corrected chi connectivity index (χ4v) is 6.83. The molecule has 1 heterocycles. The van der Waals surface area contributed by atoms with Gasteiger partial charge in [0.05, 0.1) is 0 Å². The van der Waals surface area contributed by atoms with Gasteiger partial charge in [0.1, 0.15) is 12.1 Å². The first kappa shape index (κ1) is 36.9. The van der Waals surface area contributed by atoms with Crippen molar-refractivity contribution in [2.24, 2.45) is 22.9 Å². The number of urea groups is 2. The average molecular weight is 706 g/mol. The third kappa shape index (κ3) is 9.87. The van der Waals surface area contributed by atoms with Crippen LogP contribution >= 0.6 is 11.3 Å². The Bertz CT molecular complexity index is 1840. The second-order valence-corrected chi connectivity index (χ2v) is 13.2. The molecule has 0 spiro atoms. The van der Waals surface area contributed by atoms with E-state index in [0.29, 0.717) is 38.8 Å². The highest BCUT2D eigenvalue weighted by Gasteiger charge is 2.31. The normalized spacial score (nSPS) is 12.1. The molecule has 0 fully saturated rings. The van der Waals surface area contributed by atoms with E-state index in [4.69, 9.17) is 32.2 Å². The van der Waals surface area contributed by atoms with Crippen molar-refractivity contribution in [1.29, 1.82) is 0 Å². The molecule has 262 valence electrons. The van der Waals surface area contributed by atoms with Gasteiger partial charge in [-0.15, -0.1) is 11.3 Å². The summed E-state index contributed by atoms with van der Waals surface area (Å²) >= 11 is 1.62. The van der Waals surface area contributed by atoms with E-state index in [9.17, 15) is 19.2 Å². The van der Waals surface area contributed by atoms with Gasteiger partial charge in [-0.3, -0.25) is 9.59 Å². The van der Waals surface area contributed by atoms with Crippen LogP contribution in [0.5, 0.6) is 0 Å². The van der Waals surface area contributed by atoms with Crippen LogP contribution < -0.4 is 55.4 Å². The predicted octanol–water partition coefficient (Wildman–Crippen LogP) is 0.904. The van der Waals surface area contributed by atoms with Gasteiger partial charge in [0.15, 0.2) is 0 Å². The molecule has 2 atom stereocenters. The Labute approximate surface area is 300 Å². The van der Waals surface area contributed by atoms with E-state index >= 15 is 0 Å². The van der Waals surface area contributed by atoms with Crippen LogP contribution in [-0.2, 0) is 18.9 Å². The largest absolute Gasteiger partial charge is 0.525 e. The molecule has 4 amide bonds. The quantitative estimate of drug-likeness (QED) is 0.0639. The summed E-state index contributed by atoms with van der Waals surface area (Å²) in [6, 6.07) is 27.8. The molecule has 10 N–H and O–H groups in total. The van der Waals surface area contributed by atoms with E-state index in [1.807, 2.05) is 97.1 Å². The van der Waals surface area contributed by atoms with Crippen LogP contribution in [0, 0.1) is 0 Å². The minimum atomic E-state index is -0.892. The van der Waals surface area contributed by atoms with Gasteiger partial charge in [-0.2, -0.15) is 0 Å². The molecule has 0 saturated heterocycles. The molecule has 0 aliphatic carbocycles. The van der Waals surface area contributed by atoms with Crippen LogP contribution in [0.1, 0.15) is 25.7 Å². The Kier molecular flexibility index (Phi) is 12.7. The number of hydrogen-bond donors (Lipinski definition) is 6. The van der Waals surface area contributed by atoms with Crippen molar-refractivity contribution in [3.05, 3.63) is 97.1 Å². The van der Waals surface area contributed by atoms with Crippen LogP contribution in [0.4, 0.5) is 9.59 Å². The fourth-order valence-electron chi connectivity index (χ4n) is 5.76. The van der Waals surface area contributed by atoms with Gasteiger partial charge in [-0.1, -0.05) is 84.9 Å². The van der Waals surface area contributed by atoms with Crippen LogP contribution in [0.3, 0.4) is 0 Å². The fraction of sp³-hybridized carbons (Fsp3) is 0.222. The average Bonchev–Trinajstić information content (AvgIpc) is 3.50. The highest BCUT2D eigenvalue weighted by Crippen LogP contribution is 2.32. The van der Waals surface area contributed by atoms with E-state index in [1.165, 1.54) is 0 Å². The highest BCUT2D eigenvalue weighted by atomic mass is 32.1. The zero-order chi connectivity index (χ0) is 36.3. The zero-order valence-electron chi connectivity index (χ0n) is 28.0. The molecule has 15 heteroatoms. The molecule has 5 aromatic rings. The van der Waals surface area contributed by atoms with E-state index in [-0.39, 0.29) is 0 Å². The number of hydrogen-bond acceptors (Lipinski definition) is 9. The number of carbonyl (C=O) groups excluding carboxylic acids is 4. The number of nitrogens with one attached hydrogen (secondary N) is 2. The standard InChI is InChI=1S/C36H40B2N6O6S/c39-29(13-7-19-43-35(41)47)33(45)49-37(23-9-3-1-4-10-23)25-15-17-31-27(21-25)28-22-26(16-18-32(28)51-31)38(24-11-5-2-6-12-24)50-34(46)30(40)14-8-20-44-36(42)48/h1-6,9-12,15-18,21-22,29-30H,7-8,13-14,19-20,39-40H2,(H3,41,43,47)(H3,42,44,48). The summed E-state index contributed by atoms with van der Waals surface area (Å²) in [7, 11) is 0. The predicted molar refractivity (Wildman–Crippen MR) is 204 cm³/mol. The van der Waals surface area contributed by atoms with Crippen molar-refractivity contribution in [3.63, 3.8) is 0 Å². The van der Waals surface area contributed by atoms with Crippen LogP contribution in [0.15, 0.2) is 97.1 Å². The number of rotatable bonds is 16. The first-order chi connectivity index (χ1) is 24.6. The molecule has 2 unspecified atom stereocenters.